The second kappa shape index (κ2) is 6.98. The molecule has 0 aliphatic heterocycles. The van der Waals surface area contributed by atoms with Crippen LogP contribution in [0.1, 0.15) is 69.9 Å². The molecule has 0 aromatic carbocycles. The van der Waals surface area contributed by atoms with Crippen LogP contribution in [0.25, 0.3) is 0 Å². The molecule has 8 nitrogen and oxygen atoms in total. The van der Waals surface area contributed by atoms with Crippen molar-refractivity contribution in [3.63, 3.8) is 0 Å². The van der Waals surface area contributed by atoms with E-state index in [2.05, 4.69) is 25.8 Å². The molecule has 0 spiro atoms. The van der Waals surface area contributed by atoms with Gasteiger partial charge in [0.05, 0.1) is 18.8 Å². The number of nitrogens with zero attached hydrogens (tertiary/aromatic N) is 5. The molecule has 2 heterocycles. The average Bonchev–Trinajstić information content (AvgIpc) is 3.22. The van der Waals surface area contributed by atoms with E-state index in [4.69, 9.17) is 4.52 Å². The molecule has 0 saturated heterocycles. The number of aromatic nitrogens is 5. The number of aliphatic hydroxyl groups is 1. The second-order valence-electron chi connectivity index (χ2n) is 6.94. The van der Waals surface area contributed by atoms with Gasteiger partial charge in [0.15, 0.2) is 5.82 Å². The van der Waals surface area contributed by atoms with Crippen LogP contribution in [0.4, 0.5) is 0 Å². The van der Waals surface area contributed by atoms with Crippen LogP contribution in [0, 0.1) is 0 Å². The van der Waals surface area contributed by atoms with Crippen molar-refractivity contribution in [2.24, 2.45) is 0 Å². The maximum absolute atomic E-state index is 10.1. The highest BCUT2D eigenvalue weighted by Gasteiger charge is 2.29. The summed E-state index contributed by atoms with van der Waals surface area (Å²) in [7, 11) is 0. The second-order valence-corrected chi connectivity index (χ2v) is 6.94. The maximum atomic E-state index is 10.1. The fourth-order valence-corrected chi connectivity index (χ4v) is 3.11. The lowest BCUT2D eigenvalue weighted by Crippen LogP contribution is -2.40. The highest BCUT2D eigenvalue weighted by molar-refractivity contribution is 5.04. The summed E-state index contributed by atoms with van der Waals surface area (Å²) in [6, 6.07) is 0.499. The molecule has 2 aromatic heterocycles. The summed E-state index contributed by atoms with van der Waals surface area (Å²) in [5.74, 6) is 1.35. The van der Waals surface area contributed by atoms with E-state index in [0.29, 0.717) is 24.0 Å². The molecule has 0 radical (unpaired) electrons. The highest BCUT2D eigenvalue weighted by Crippen LogP contribution is 2.29. The zero-order valence-corrected chi connectivity index (χ0v) is 14.6. The molecule has 1 saturated carbocycles. The minimum atomic E-state index is -0.975. The average molecular weight is 334 g/mol. The number of hydrogen-bond acceptors (Lipinski definition) is 7. The molecule has 1 fully saturated rings. The number of nitrogens with one attached hydrogen (secondary N) is 1. The van der Waals surface area contributed by atoms with Gasteiger partial charge < -0.3 is 14.9 Å². The van der Waals surface area contributed by atoms with Crippen molar-refractivity contribution in [1.29, 1.82) is 0 Å². The maximum Gasteiger partial charge on any atom is 0.226 e. The third-order valence-corrected chi connectivity index (χ3v) is 4.54. The SMILES string of the molecule is CCc1nc(CN[C@H]2CCCC[C@H]2n2cc(C(C)(C)O)nn2)no1. The topological polar surface area (TPSA) is 102 Å². The smallest absolute Gasteiger partial charge is 0.226 e. The van der Waals surface area contributed by atoms with Gasteiger partial charge in [0, 0.05) is 12.5 Å². The Hall–Kier alpha value is -1.80. The van der Waals surface area contributed by atoms with Crippen molar-refractivity contribution < 1.29 is 9.63 Å². The van der Waals surface area contributed by atoms with E-state index in [0.717, 1.165) is 19.3 Å². The van der Waals surface area contributed by atoms with Gasteiger partial charge in [-0.3, -0.25) is 0 Å². The van der Waals surface area contributed by atoms with E-state index in [1.807, 2.05) is 17.8 Å². The number of hydrogen-bond donors (Lipinski definition) is 2. The van der Waals surface area contributed by atoms with Gasteiger partial charge in [-0.15, -0.1) is 5.10 Å². The minimum Gasteiger partial charge on any atom is -0.384 e. The quantitative estimate of drug-likeness (QED) is 0.829. The van der Waals surface area contributed by atoms with Gasteiger partial charge in [-0.2, -0.15) is 4.98 Å². The van der Waals surface area contributed by atoms with Crippen LogP contribution in [0.2, 0.25) is 0 Å². The lowest BCUT2D eigenvalue weighted by molar-refractivity contribution is 0.0736. The zero-order chi connectivity index (χ0) is 17.2. The molecule has 3 rings (SSSR count). The number of rotatable bonds is 6. The standard InChI is InChI=1S/C16H26N6O2/c1-4-15-18-14(20-24-15)9-17-11-7-5-6-8-12(11)22-10-13(19-21-22)16(2,3)23/h10-12,17,23H,4-9H2,1-3H3/t11-,12+/m0/s1. The molecule has 2 atom stereocenters. The van der Waals surface area contributed by atoms with Crippen LogP contribution in [0.5, 0.6) is 0 Å². The highest BCUT2D eigenvalue weighted by atomic mass is 16.5. The Morgan fingerprint density at radius 3 is 2.83 bits per heavy atom. The molecular formula is C16H26N6O2. The van der Waals surface area contributed by atoms with Gasteiger partial charge in [0.2, 0.25) is 5.89 Å². The molecule has 1 aliphatic carbocycles. The van der Waals surface area contributed by atoms with E-state index >= 15 is 0 Å². The largest absolute Gasteiger partial charge is 0.384 e. The molecule has 0 bridgehead atoms. The van der Waals surface area contributed by atoms with Gasteiger partial charge in [-0.25, -0.2) is 4.68 Å². The van der Waals surface area contributed by atoms with E-state index in [9.17, 15) is 5.11 Å². The van der Waals surface area contributed by atoms with Crippen molar-refractivity contribution in [3.05, 3.63) is 23.6 Å². The monoisotopic (exact) mass is 334 g/mol. The van der Waals surface area contributed by atoms with Gasteiger partial charge in [0.25, 0.3) is 0 Å². The fourth-order valence-electron chi connectivity index (χ4n) is 3.11. The zero-order valence-electron chi connectivity index (χ0n) is 14.6. The summed E-state index contributed by atoms with van der Waals surface area (Å²) in [5, 5.41) is 26.0. The summed E-state index contributed by atoms with van der Waals surface area (Å²) in [6.07, 6.45) is 7.07. The van der Waals surface area contributed by atoms with Crippen LogP contribution in [0.3, 0.4) is 0 Å². The Kier molecular flexibility index (Phi) is 4.96. The lowest BCUT2D eigenvalue weighted by Gasteiger charge is -2.31. The third kappa shape index (κ3) is 3.81. The van der Waals surface area contributed by atoms with Crippen LogP contribution in [-0.2, 0) is 18.6 Å². The molecule has 0 amide bonds. The van der Waals surface area contributed by atoms with Crippen LogP contribution >= 0.6 is 0 Å². The Morgan fingerprint density at radius 2 is 2.17 bits per heavy atom. The summed E-state index contributed by atoms with van der Waals surface area (Å²) in [5.41, 5.74) is -0.380. The molecular weight excluding hydrogens is 308 g/mol. The fraction of sp³-hybridized carbons (Fsp3) is 0.750. The van der Waals surface area contributed by atoms with Crippen LogP contribution in [-0.4, -0.2) is 36.3 Å². The van der Waals surface area contributed by atoms with Gasteiger partial charge >= 0.3 is 0 Å². The van der Waals surface area contributed by atoms with Crippen LogP contribution in [0.15, 0.2) is 10.7 Å². The molecule has 132 valence electrons. The Morgan fingerprint density at radius 1 is 1.38 bits per heavy atom. The van der Waals surface area contributed by atoms with Gasteiger partial charge in [-0.1, -0.05) is 30.1 Å². The predicted molar refractivity (Wildman–Crippen MR) is 87.1 cm³/mol. The summed E-state index contributed by atoms with van der Waals surface area (Å²) in [4.78, 5) is 4.34. The van der Waals surface area contributed by atoms with Crippen molar-refractivity contribution in [1.82, 2.24) is 30.5 Å². The van der Waals surface area contributed by atoms with Crippen molar-refractivity contribution in [2.75, 3.05) is 0 Å². The number of aryl methyl sites for hydroxylation is 1. The lowest BCUT2D eigenvalue weighted by atomic mass is 9.90. The summed E-state index contributed by atoms with van der Waals surface area (Å²) in [6.45, 7) is 6.02. The predicted octanol–water partition coefficient (Wildman–Crippen LogP) is 1.72. The molecule has 0 unspecified atom stereocenters. The molecule has 8 heteroatoms. The van der Waals surface area contributed by atoms with E-state index in [-0.39, 0.29) is 12.1 Å². The minimum absolute atomic E-state index is 0.222. The molecule has 2 aromatic rings. The molecule has 2 N–H and O–H groups in total. The normalized spacial score (nSPS) is 22.0. The van der Waals surface area contributed by atoms with E-state index in [1.54, 1.807) is 13.8 Å². The van der Waals surface area contributed by atoms with Crippen molar-refractivity contribution >= 4 is 0 Å². The Labute approximate surface area is 141 Å². The van der Waals surface area contributed by atoms with Crippen LogP contribution < -0.4 is 5.32 Å². The van der Waals surface area contributed by atoms with Crippen molar-refractivity contribution in [3.8, 4) is 0 Å². The molecule has 1 aliphatic rings. The van der Waals surface area contributed by atoms with Gasteiger partial charge in [-0.05, 0) is 26.7 Å². The van der Waals surface area contributed by atoms with E-state index in [1.165, 1.54) is 12.8 Å². The first-order valence-corrected chi connectivity index (χ1v) is 8.67. The third-order valence-electron chi connectivity index (χ3n) is 4.54. The Bertz CT molecular complexity index is 660. The first-order valence-electron chi connectivity index (χ1n) is 8.67. The first-order chi connectivity index (χ1) is 11.5. The molecule has 24 heavy (non-hydrogen) atoms. The summed E-state index contributed by atoms with van der Waals surface area (Å²) >= 11 is 0. The van der Waals surface area contributed by atoms with Gasteiger partial charge in [0.1, 0.15) is 11.3 Å². The van der Waals surface area contributed by atoms with E-state index < -0.39 is 5.60 Å². The Balaban J connectivity index is 1.67. The van der Waals surface area contributed by atoms with Crippen molar-refractivity contribution in [2.45, 2.75) is 77.1 Å². The first kappa shape index (κ1) is 17.0. The summed E-state index contributed by atoms with van der Waals surface area (Å²) < 4.78 is 7.04.